The number of anilines is 1. The molecule has 4 nitrogen and oxygen atoms in total. The van der Waals surface area contributed by atoms with Crippen molar-refractivity contribution < 1.29 is 9.59 Å². The summed E-state index contributed by atoms with van der Waals surface area (Å²) >= 11 is 1.44. The van der Waals surface area contributed by atoms with Gasteiger partial charge in [0, 0.05) is 11.3 Å². The molecule has 1 N–H and O–H groups in total. The number of hydrogen-bond acceptors (Lipinski definition) is 3. The molecule has 2 aliphatic heterocycles. The molecule has 0 aliphatic carbocycles. The molecular formula is C14H12N2O2S. The summed E-state index contributed by atoms with van der Waals surface area (Å²) in [6.45, 7) is 0.180. The first kappa shape index (κ1) is 12.1. The van der Waals surface area contributed by atoms with E-state index >= 15 is 0 Å². The number of benzene rings is 1. The highest BCUT2D eigenvalue weighted by Crippen LogP contribution is 2.55. The highest BCUT2D eigenvalue weighted by atomic mass is 32.2. The van der Waals surface area contributed by atoms with Crippen LogP contribution in [0, 0.1) is 12.3 Å². The van der Waals surface area contributed by atoms with Gasteiger partial charge >= 0.3 is 0 Å². The molecule has 1 fully saturated rings. The molecule has 0 aromatic heterocycles. The summed E-state index contributed by atoms with van der Waals surface area (Å²) in [6, 6.07) is 7.59. The molecule has 1 atom stereocenters. The van der Waals surface area contributed by atoms with E-state index in [0.717, 1.165) is 10.6 Å². The Hall–Kier alpha value is -1.93. The van der Waals surface area contributed by atoms with Gasteiger partial charge in [-0.05, 0) is 18.6 Å². The molecule has 0 saturated carbocycles. The average Bonchev–Trinajstić information content (AvgIpc) is 2.92. The lowest BCUT2D eigenvalue weighted by molar-refractivity contribution is -0.124. The molecule has 0 bridgehead atoms. The zero-order valence-electron chi connectivity index (χ0n) is 10.2. The maximum Gasteiger partial charge on any atom is 0.258 e. The summed E-state index contributed by atoms with van der Waals surface area (Å²) in [6.07, 6.45) is 6.08. The predicted molar refractivity (Wildman–Crippen MR) is 73.6 cm³/mol. The highest BCUT2D eigenvalue weighted by molar-refractivity contribution is 8.02. The van der Waals surface area contributed by atoms with E-state index in [1.54, 1.807) is 4.90 Å². The fourth-order valence-electron chi connectivity index (χ4n) is 2.57. The first-order valence-electron chi connectivity index (χ1n) is 6.02. The van der Waals surface area contributed by atoms with Crippen molar-refractivity contribution in [3.05, 3.63) is 24.3 Å². The van der Waals surface area contributed by atoms with Crippen LogP contribution in [0.3, 0.4) is 0 Å². The van der Waals surface area contributed by atoms with Gasteiger partial charge in [-0.1, -0.05) is 29.8 Å². The molecule has 3 rings (SSSR count). The van der Waals surface area contributed by atoms with Gasteiger partial charge in [-0.15, -0.1) is 6.42 Å². The van der Waals surface area contributed by atoms with E-state index in [1.807, 2.05) is 24.3 Å². The molecule has 96 valence electrons. The minimum Gasteiger partial charge on any atom is -0.342 e. The minimum absolute atomic E-state index is 0.00620. The number of rotatable bonds is 2. The van der Waals surface area contributed by atoms with Crippen LogP contribution in [-0.4, -0.2) is 23.2 Å². The van der Waals surface area contributed by atoms with Crippen LogP contribution in [0.4, 0.5) is 5.69 Å². The number of carbonyl (C=O) groups excluding carboxylic acids is 2. The molecule has 2 aliphatic rings. The maximum atomic E-state index is 12.4. The van der Waals surface area contributed by atoms with E-state index in [2.05, 4.69) is 11.2 Å². The maximum absolute atomic E-state index is 12.4. The van der Waals surface area contributed by atoms with Crippen molar-refractivity contribution in [2.45, 2.75) is 22.6 Å². The molecule has 0 radical (unpaired) electrons. The Morgan fingerprint density at radius 1 is 1.53 bits per heavy atom. The van der Waals surface area contributed by atoms with Crippen molar-refractivity contribution in [2.24, 2.45) is 0 Å². The molecule has 1 saturated heterocycles. The Labute approximate surface area is 115 Å². The number of nitrogens with zero attached hydrogens (tertiary/aromatic N) is 1. The average molecular weight is 272 g/mol. The van der Waals surface area contributed by atoms with E-state index in [0.29, 0.717) is 12.8 Å². The summed E-state index contributed by atoms with van der Waals surface area (Å²) in [7, 11) is 0. The largest absolute Gasteiger partial charge is 0.342 e. The zero-order valence-corrected chi connectivity index (χ0v) is 11.0. The Balaban J connectivity index is 2.01. The molecule has 5 heteroatoms. The lowest BCUT2D eigenvalue weighted by Crippen LogP contribution is -2.52. The Bertz CT molecular complexity index is 608. The second kappa shape index (κ2) is 4.32. The predicted octanol–water partition coefficient (Wildman–Crippen LogP) is 1.36. The van der Waals surface area contributed by atoms with Crippen LogP contribution >= 0.6 is 11.8 Å². The van der Waals surface area contributed by atoms with Crippen molar-refractivity contribution in [1.29, 1.82) is 0 Å². The van der Waals surface area contributed by atoms with Crippen LogP contribution in [0.1, 0.15) is 12.8 Å². The molecule has 2 heterocycles. The van der Waals surface area contributed by atoms with Gasteiger partial charge in [0.05, 0.1) is 12.2 Å². The Morgan fingerprint density at radius 2 is 2.32 bits per heavy atom. The van der Waals surface area contributed by atoms with E-state index in [1.165, 1.54) is 11.8 Å². The molecular weight excluding hydrogens is 260 g/mol. The van der Waals surface area contributed by atoms with Crippen LogP contribution < -0.4 is 10.2 Å². The third-order valence-electron chi connectivity index (χ3n) is 3.38. The smallest absolute Gasteiger partial charge is 0.258 e. The van der Waals surface area contributed by atoms with Crippen molar-refractivity contribution in [2.75, 3.05) is 11.4 Å². The molecule has 1 aromatic rings. The monoisotopic (exact) mass is 272 g/mol. The van der Waals surface area contributed by atoms with Gasteiger partial charge in [-0.2, -0.15) is 0 Å². The third kappa shape index (κ3) is 1.64. The quantitative estimate of drug-likeness (QED) is 0.827. The lowest BCUT2D eigenvalue weighted by Gasteiger charge is -2.29. The molecule has 1 unspecified atom stereocenters. The summed E-state index contributed by atoms with van der Waals surface area (Å²) in [5, 5.41) is 2.70. The van der Waals surface area contributed by atoms with Gasteiger partial charge in [0.25, 0.3) is 5.91 Å². The fourth-order valence-corrected chi connectivity index (χ4v) is 4.00. The molecule has 19 heavy (non-hydrogen) atoms. The number of fused-ring (bicyclic) bond motifs is 3. The number of hydrogen-bond donors (Lipinski definition) is 1. The van der Waals surface area contributed by atoms with Crippen molar-refractivity contribution >= 4 is 29.3 Å². The van der Waals surface area contributed by atoms with E-state index in [-0.39, 0.29) is 18.4 Å². The van der Waals surface area contributed by atoms with Gasteiger partial charge in [-0.3, -0.25) is 14.5 Å². The van der Waals surface area contributed by atoms with E-state index in [9.17, 15) is 9.59 Å². The van der Waals surface area contributed by atoms with Crippen LogP contribution in [-0.2, 0) is 9.59 Å². The van der Waals surface area contributed by atoms with Crippen molar-refractivity contribution in [3.8, 4) is 12.3 Å². The standard InChI is InChI=1S/C14H12N2O2S/c1-2-9-15-13(18)14-8-7-12(17)16(14)10-5-3-4-6-11(10)19-14/h1,3-6H,7-9H2,(H,15,18). The molecule has 0 spiro atoms. The zero-order chi connectivity index (χ0) is 13.5. The lowest BCUT2D eigenvalue weighted by atomic mass is 10.2. The van der Waals surface area contributed by atoms with Crippen LogP contribution in [0.5, 0.6) is 0 Å². The second-order valence-corrected chi connectivity index (χ2v) is 5.79. The Morgan fingerprint density at radius 3 is 3.11 bits per heavy atom. The highest BCUT2D eigenvalue weighted by Gasteiger charge is 2.57. The van der Waals surface area contributed by atoms with Gasteiger partial charge < -0.3 is 5.32 Å². The Kier molecular flexibility index (Phi) is 2.76. The summed E-state index contributed by atoms with van der Waals surface area (Å²) < 4.78 is 0. The minimum atomic E-state index is -0.850. The number of carbonyl (C=O) groups is 2. The van der Waals surface area contributed by atoms with E-state index in [4.69, 9.17) is 6.42 Å². The third-order valence-corrected chi connectivity index (χ3v) is 4.85. The van der Waals surface area contributed by atoms with Gasteiger partial charge in [0.2, 0.25) is 5.91 Å². The first-order valence-corrected chi connectivity index (χ1v) is 6.83. The molecule has 1 aromatic carbocycles. The summed E-state index contributed by atoms with van der Waals surface area (Å²) in [5.74, 6) is 2.20. The SMILES string of the molecule is C#CCNC(=O)C12CCC(=O)N1c1ccccc1S2. The summed E-state index contributed by atoms with van der Waals surface area (Å²) in [4.78, 5) is 26.2. The summed E-state index contributed by atoms with van der Waals surface area (Å²) in [5.41, 5.74) is 0.825. The van der Waals surface area contributed by atoms with Gasteiger partial charge in [-0.25, -0.2) is 0 Å². The number of terminal acetylenes is 1. The number of thioether (sulfide) groups is 1. The number of para-hydroxylation sites is 1. The van der Waals surface area contributed by atoms with E-state index < -0.39 is 4.87 Å². The van der Waals surface area contributed by atoms with Gasteiger partial charge in [0.1, 0.15) is 0 Å². The second-order valence-electron chi connectivity index (χ2n) is 4.47. The van der Waals surface area contributed by atoms with Crippen LogP contribution in [0.15, 0.2) is 29.2 Å². The number of nitrogens with one attached hydrogen (secondary N) is 1. The normalized spacial score (nSPS) is 23.7. The van der Waals surface area contributed by atoms with Crippen molar-refractivity contribution in [1.82, 2.24) is 5.32 Å². The van der Waals surface area contributed by atoms with Crippen LogP contribution in [0.25, 0.3) is 0 Å². The topological polar surface area (TPSA) is 49.4 Å². The van der Waals surface area contributed by atoms with Gasteiger partial charge in [0.15, 0.2) is 4.87 Å². The first-order chi connectivity index (χ1) is 9.19. The van der Waals surface area contributed by atoms with Crippen LogP contribution in [0.2, 0.25) is 0 Å². The number of amides is 2. The fraction of sp³-hybridized carbons (Fsp3) is 0.286. The van der Waals surface area contributed by atoms with Crippen molar-refractivity contribution in [3.63, 3.8) is 0 Å². The molecule has 2 amide bonds.